The maximum Gasteiger partial charge on any atom is 0.237 e. The molecule has 1 atom stereocenters. The molecule has 1 saturated carbocycles. The number of pyridine rings is 1. The highest BCUT2D eigenvalue weighted by atomic mass is 35.5. The molecule has 0 aliphatic heterocycles. The summed E-state index contributed by atoms with van der Waals surface area (Å²) in [6, 6.07) is 17.2. The fourth-order valence-corrected chi connectivity index (χ4v) is 4.68. The van der Waals surface area contributed by atoms with Crippen molar-refractivity contribution in [1.82, 2.24) is 19.7 Å². The van der Waals surface area contributed by atoms with Crippen LogP contribution in [0.4, 0.5) is 5.69 Å². The third kappa shape index (κ3) is 4.82. The zero-order valence-corrected chi connectivity index (χ0v) is 19.5. The Bertz CT molecular complexity index is 1300. The first-order valence-corrected chi connectivity index (χ1v) is 12.0. The molecule has 1 aliphatic rings. The number of anilines is 1. The van der Waals surface area contributed by atoms with Crippen LogP contribution in [0.1, 0.15) is 31.6 Å². The number of amides is 1. The molecule has 33 heavy (non-hydrogen) atoms. The minimum Gasteiger partial charge on any atom is -0.484 e. The van der Waals surface area contributed by atoms with Crippen molar-refractivity contribution in [2.75, 3.05) is 5.32 Å². The van der Waals surface area contributed by atoms with Crippen LogP contribution in [0.5, 0.6) is 5.75 Å². The lowest BCUT2D eigenvalue weighted by Crippen LogP contribution is -2.23. The monoisotopic (exact) mass is 479 g/mol. The second-order valence-electron chi connectivity index (χ2n) is 7.84. The lowest BCUT2D eigenvalue weighted by Gasteiger charge is -2.14. The van der Waals surface area contributed by atoms with E-state index in [2.05, 4.69) is 25.1 Å². The van der Waals surface area contributed by atoms with Gasteiger partial charge in [-0.15, -0.1) is 10.2 Å². The lowest BCUT2D eigenvalue weighted by molar-refractivity contribution is -0.115. The van der Waals surface area contributed by atoms with Crippen molar-refractivity contribution >= 4 is 45.9 Å². The standard InChI is InChI=1S/C24H22ClN5O2S/c1-15(23(31)27-20-9-4-8-19-17(20)6-5-13-26-19)33-24-29-28-22(30(24)16-11-12-16)14-32-21-10-3-2-7-18(21)25/h2-10,13,15-16H,11-12,14H2,1H3,(H,27,31). The number of carbonyl (C=O) groups is 1. The first-order chi connectivity index (χ1) is 16.1. The number of hydrogen-bond acceptors (Lipinski definition) is 6. The molecule has 4 aromatic rings. The van der Waals surface area contributed by atoms with Gasteiger partial charge in [-0.2, -0.15) is 0 Å². The summed E-state index contributed by atoms with van der Waals surface area (Å²) >= 11 is 7.59. The SMILES string of the molecule is CC(Sc1nnc(COc2ccccc2Cl)n1C1CC1)C(=O)Nc1cccc2ncccc12. The summed E-state index contributed by atoms with van der Waals surface area (Å²) in [5.74, 6) is 1.24. The van der Waals surface area contributed by atoms with Gasteiger partial charge in [-0.25, -0.2) is 0 Å². The predicted octanol–water partition coefficient (Wildman–Crippen LogP) is 5.51. The average Bonchev–Trinajstić information content (AvgIpc) is 3.59. The van der Waals surface area contributed by atoms with Crippen LogP contribution in [0.25, 0.3) is 10.9 Å². The van der Waals surface area contributed by atoms with Crippen molar-refractivity contribution in [3.8, 4) is 5.75 Å². The Hall–Kier alpha value is -3.10. The van der Waals surface area contributed by atoms with Gasteiger partial charge < -0.3 is 10.1 Å². The van der Waals surface area contributed by atoms with Crippen LogP contribution < -0.4 is 10.1 Å². The first-order valence-electron chi connectivity index (χ1n) is 10.7. The molecular formula is C24H22ClN5O2S. The van der Waals surface area contributed by atoms with Crippen LogP contribution in [-0.2, 0) is 11.4 Å². The molecular weight excluding hydrogens is 458 g/mol. The van der Waals surface area contributed by atoms with Gasteiger partial charge in [0, 0.05) is 17.6 Å². The molecule has 0 spiro atoms. The third-order valence-electron chi connectivity index (χ3n) is 5.40. The molecule has 0 bridgehead atoms. The van der Waals surface area contributed by atoms with Crippen LogP contribution in [0.2, 0.25) is 5.02 Å². The van der Waals surface area contributed by atoms with Gasteiger partial charge in [0.2, 0.25) is 5.91 Å². The summed E-state index contributed by atoms with van der Waals surface area (Å²) in [5, 5.41) is 13.6. The summed E-state index contributed by atoms with van der Waals surface area (Å²) in [6.07, 6.45) is 3.87. The van der Waals surface area contributed by atoms with Gasteiger partial charge in [0.1, 0.15) is 12.4 Å². The molecule has 1 N–H and O–H groups in total. The van der Waals surface area contributed by atoms with Crippen LogP contribution in [0, 0.1) is 0 Å². The van der Waals surface area contributed by atoms with Gasteiger partial charge in [0.15, 0.2) is 11.0 Å². The van der Waals surface area contributed by atoms with E-state index in [0.717, 1.165) is 40.4 Å². The van der Waals surface area contributed by atoms with Crippen LogP contribution in [0.15, 0.2) is 66.0 Å². The van der Waals surface area contributed by atoms with Gasteiger partial charge in [-0.1, -0.05) is 41.6 Å². The Kier molecular flexibility index (Phi) is 6.20. The van der Waals surface area contributed by atoms with Crippen molar-refractivity contribution in [2.45, 2.75) is 42.8 Å². The summed E-state index contributed by atoms with van der Waals surface area (Å²) in [6.45, 7) is 2.13. The number of thioether (sulfide) groups is 1. The normalized spacial score (nSPS) is 14.2. The Morgan fingerprint density at radius 1 is 1.18 bits per heavy atom. The zero-order chi connectivity index (χ0) is 22.8. The Labute approximate surface area is 200 Å². The molecule has 1 aliphatic carbocycles. The van der Waals surface area contributed by atoms with Crippen molar-refractivity contribution in [3.05, 3.63) is 71.6 Å². The lowest BCUT2D eigenvalue weighted by atomic mass is 10.2. The van der Waals surface area contributed by atoms with Crippen LogP contribution in [-0.4, -0.2) is 30.9 Å². The van der Waals surface area contributed by atoms with Crippen molar-refractivity contribution in [2.24, 2.45) is 0 Å². The summed E-state index contributed by atoms with van der Waals surface area (Å²) in [5.41, 5.74) is 1.59. The van der Waals surface area contributed by atoms with Crippen LogP contribution in [0.3, 0.4) is 0 Å². The minimum absolute atomic E-state index is 0.101. The fraction of sp³-hybridized carbons (Fsp3) is 0.250. The number of para-hydroxylation sites is 1. The maximum absolute atomic E-state index is 13.0. The van der Waals surface area contributed by atoms with E-state index in [1.54, 1.807) is 12.3 Å². The van der Waals surface area contributed by atoms with E-state index < -0.39 is 0 Å². The topological polar surface area (TPSA) is 81.9 Å². The molecule has 2 heterocycles. The number of aromatic nitrogens is 4. The molecule has 2 aromatic heterocycles. The van der Waals surface area contributed by atoms with Gasteiger partial charge >= 0.3 is 0 Å². The van der Waals surface area contributed by atoms with Crippen LogP contribution >= 0.6 is 23.4 Å². The van der Waals surface area contributed by atoms with Gasteiger partial charge in [0.25, 0.3) is 0 Å². The smallest absolute Gasteiger partial charge is 0.237 e. The highest BCUT2D eigenvalue weighted by molar-refractivity contribution is 8.00. The maximum atomic E-state index is 13.0. The number of nitrogens with zero attached hydrogens (tertiary/aromatic N) is 4. The molecule has 168 valence electrons. The first kappa shape index (κ1) is 21.7. The second kappa shape index (κ2) is 9.41. The summed E-state index contributed by atoms with van der Waals surface area (Å²) < 4.78 is 7.97. The number of hydrogen-bond donors (Lipinski definition) is 1. The molecule has 1 fully saturated rings. The molecule has 5 rings (SSSR count). The largest absolute Gasteiger partial charge is 0.484 e. The Balaban J connectivity index is 1.29. The summed E-state index contributed by atoms with van der Waals surface area (Å²) in [4.78, 5) is 17.3. The quantitative estimate of drug-likeness (QED) is 0.335. The van der Waals surface area contributed by atoms with E-state index >= 15 is 0 Å². The van der Waals surface area contributed by atoms with E-state index in [1.807, 2.05) is 55.5 Å². The molecule has 0 radical (unpaired) electrons. The molecule has 0 saturated heterocycles. The second-order valence-corrected chi connectivity index (χ2v) is 9.56. The fourth-order valence-electron chi connectivity index (χ4n) is 3.55. The van der Waals surface area contributed by atoms with Crippen molar-refractivity contribution in [3.63, 3.8) is 0 Å². The van der Waals surface area contributed by atoms with E-state index in [9.17, 15) is 4.79 Å². The molecule has 1 unspecified atom stereocenters. The van der Waals surface area contributed by atoms with Gasteiger partial charge in [-0.05, 0) is 56.2 Å². The minimum atomic E-state index is -0.365. The average molecular weight is 480 g/mol. The molecule has 1 amide bonds. The molecule has 9 heteroatoms. The zero-order valence-electron chi connectivity index (χ0n) is 17.9. The number of carbonyl (C=O) groups excluding carboxylic acids is 1. The number of benzene rings is 2. The third-order valence-corrected chi connectivity index (χ3v) is 6.76. The van der Waals surface area contributed by atoms with Gasteiger partial charge in [-0.3, -0.25) is 14.3 Å². The van der Waals surface area contributed by atoms with Gasteiger partial charge in [0.05, 0.1) is 21.5 Å². The van der Waals surface area contributed by atoms with E-state index in [4.69, 9.17) is 16.3 Å². The Morgan fingerprint density at radius 3 is 2.85 bits per heavy atom. The molecule has 7 nitrogen and oxygen atoms in total. The van der Waals surface area contributed by atoms with E-state index in [0.29, 0.717) is 16.8 Å². The number of halogens is 1. The molecule has 2 aromatic carbocycles. The summed E-state index contributed by atoms with van der Waals surface area (Å²) in [7, 11) is 0. The van der Waals surface area contributed by atoms with E-state index in [1.165, 1.54) is 11.8 Å². The highest BCUT2D eigenvalue weighted by Crippen LogP contribution is 2.40. The number of ether oxygens (including phenoxy) is 1. The van der Waals surface area contributed by atoms with Crippen molar-refractivity contribution in [1.29, 1.82) is 0 Å². The number of fused-ring (bicyclic) bond motifs is 1. The van der Waals surface area contributed by atoms with E-state index in [-0.39, 0.29) is 17.8 Å². The van der Waals surface area contributed by atoms with Crippen molar-refractivity contribution < 1.29 is 9.53 Å². The number of nitrogens with one attached hydrogen (secondary N) is 1. The predicted molar refractivity (Wildman–Crippen MR) is 130 cm³/mol. The Morgan fingerprint density at radius 2 is 2.03 bits per heavy atom. The number of rotatable bonds is 8. The highest BCUT2D eigenvalue weighted by Gasteiger charge is 2.31.